The molecule has 2 aliphatic rings. The number of hydrogen-bond donors (Lipinski definition) is 0. The molecule has 0 spiro atoms. The van der Waals surface area contributed by atoms with E-state index in [-0.39, 0.29) is 6.04 Å². The summed E-state index contributed by atoms with van der Waals surface area (Å²) in [5.74, 6) is 0. The second-order valence-electron chi connectivity index (χ2n) is 2.26. The minimum absolute atomic E-state index is 0.222. The van der Waals surface area contributed by atoms with Crippen molar-refractivity contribution in [3.8, 4) is 0 Å². The Morgan fingerprint density at radius 3 is 3.11 bits per heavy atom. The van der Waals surface area contributed by atoms with Gasteiger partial charge in [0.15, 0.2) is 0 Å². The summed E-state index contributed by atoms with van der Waals surface area (Å²) in [5.41, 5.74) is 0. The van der Waals surface area contributed by atoms with Crippen molar-refractivity contribution in [3.63, 3.8) is 0 Å². The lowest BCUT2D eigenvalue weighted by atomic mass is 10.1. The van der Waals surface area contributed by atoms with Crippen molar-refractivity contribution in [3.05, 3.63) is 11.6 Å². The fourth-order valence-corrected chi connectivity index (χ4v) is 1.85. The van der Waals surface area contributed by atoms with E-state index >= 15 is 0 Å². The molecule has 1 fully saturated rings. The number of nitrogens with zero attached hydrogens (tertiary/aromatic N) is 1. The van der Waals surface area contributed by atoms with Gasteiger partial charge in [0, 0.05) is 12.7 Å². The highest BCUT2D eigenvalue weighted by molar-refractivity contribution is 8.16. The highest BCUT2D eigenvalue weighted by Gasteiger charge is 2.33. The Morgan fingerprint density at radius 1 is 1.78 bits per heavy atom. The van der Waals surface area contributed by atoms with E-state index in [1.54, 1.807) is 0 Å². The van der Waals surface area contributed by atoms with Crippen molar-refractivity contribution < 1.29 is 4.79 Å². The first-order valence-corrected chi connectivity index (χ1v) is 3.89. The van der Waals surface area contributed by atoms with Gasteiger partial charge in [0.1, 0.15) is 0 Å². The number of rotatable bonds is 0. The van der Waals surface area contributed by atoms with Crippen molar-refractivity contribution in [1.82, 2.24) is 4.90 Å². The van der Waals surface area contributed by atoms with Crippen molar-refractivity contribution in [1.29, 1.82) is 0 Å². The van der Waals surface area contributed by atoms with E-state index in [1.165, 1.54) is 11.8 Å². The lowest BCUT2D eigenvalue weighted by Gasteiger charge is -2.40. The van der Waals surface area contributed by atoms with Gasteiger partial charge < -0.3 is 4.90 Å². The predicted molar refractivity (Wildman–Crippen MR) is 36.8 cm³/mol. The SMILES string of the molecule is O=C1SC=CN2CCC12. The van der Waals surface area contributed by atoms with Crippen LogP contribution in [0.4, 0.5) is 0 Å². The normalized spacial score (nSPS) is 31.8. The average Bonchev–Trinajstić information content (AvgIpc) is 1.74. The van der Waals surface area contributed by atoms with Crippen LogP contribution in [0.2, 0.25) is 0 Å². The molecule has 2 rings (SSSR count). The number of thioether (sulfide) groups is 1. The number of carbonyl (C=O) groups is 1. The second kappa shape index (κ2) is 1.77. The summed E-state index contributed by atoms with van der Waals surface area (Å²) in [5, 5.41) is 2.17. The van der Waals surface area contributed by atoms with E-state index in [1.807, 2.05) is 11.6 Å². The first-order chi connectivity index (χ1) is 4.38. The highest BCUT2D eigenvalue weighted by Crippen LogP contribution is 2.28. The third-order valence-electron chi connectivity index (χ3n) is 1.77. The van der Waals surface area contributed by atoms with E-state index in [0.717, 1.165) is 13.0 Å². The summed E-state index contributed by atoms with van der Waals surface area (Å²) in [4.78, 5) is 13.0. The van der Waals surface area contributed by atoms with E-state index in [0.29, 0.717) is 5.12 Å². The fourth-order valence-electron chi connectivity index (χ4n) is 1.09. The van der Waals surface area contributed by atoms with Crippen LogP contribution in [0.5, 0.6) is 0 Å². The smallest absolute Gasteiger partial charge is 0.215 e. The zero-order valence-corrected chi connectivity index (χ0v) is 5.73. The fraction of sp³-hybridized carbons (Fsp3) is 0.500. The molecule has 3 heteroatoms. The Bertz CT molecular complexity index is 178. The molecule has 2 nitrogen and oxygen atoms in total. The molecule has 0 amide bonds. The lowest BCUT2D eigenvalue weighted by molar-refractivity contribution is -0.118. The highest BCUT2D eigenvalue weighted by atomic mass is 32.2. The largest absolute Gasteiger partial charge is 0.366 e. The lowest BCUT2D eigenvalue weighted by Crippen LogP contribution is -2.49. The quantitative estimate of drug-likeness (QED) is 0.498. The van der Waals surface area contributed by atoms with Gasteiger partial charge in [0.05, 0.1) is 6.04 Å². The van der Waals surface area contributed by atoms with Gasteiger partial charge in [-0.1, -0.05) is 11.8 Å². The number of carbonyl (C=O) groups excluding carboxylic acids is 1. The summed E-state index contributed by atoms with van der Waals surface area (Å²) in [6, 6.07) is 0.222. The molecular weight excluding hydrogens is 134 g/mol. The third kappa shape index (κ3) is 0.678. The van der Waals surface area contributed by atoms with Crippen LogP contribution in [-0.4, -0.2) is 22.6 Å². The Kier molecular flexibility index (Phi) is 1.05. The zero-order chi connectivity index (χ0) is 6.27. The second-order valence-corrected chi connectivity index (χ2v) is 3.17. The van der Waals surface area contributed by atoms with Crippen molar-refractivity contribution >= 4 is 16.9 Å². The Labute approximate surface area is 57.9 Å². The standard InChI is InChI=1S/C6H7NOS/c8-6-5-1-2-7(5)3-4-9-6/h3-5H,1-2H2. The molecule has 0 N–H and O–H groups in total. The molecule has 0 bridgehead atoms. The predicted octanol–water partition coefficient (Wildman–Crippen LogP) is 0.805. The molecule has 0 aromatic carbocycles. The van der Waals surface area contributed by atoms with Crippen LogP contribution < -0.4 is 0 Å². The molecule has 0 saturated carbocycles. The summed E-state index contributed by atoms with van der Waals surface area (Å²) in [6.45, 7) is 1.06. The monoisotopic (exact) mass is 141 g/mol. The Balaban J connectivity index is 2.20. The summed E-state index contributed by atoms with van der Waals surface area (Å²) >= 11 is 1.32. The van der Waals surface area contributed by atoms with Crippen molar-refractivity contribution in [2.75, 3.05) is 6.54 Å². The summed E-state index contributed by atoms with van der Waals surface area (Å²) < 4.78 is 0. The molecular formula is C6H7NOS. The maximum Gasteiger partial charge on any atom is 0.215 e. The van der Waals surface area contributed by atoms with E-state index in [2.05, 4.69) is 4.90 Å². The maximum atomic E-state index is 10.9. The Hall–Kier alpha value is -0.440. The van der Waals surface area contributed by atoms with Crippen LogP contribution in [0.15, 0.2) is 11.6 Å². The molecule has 1 saturated heterocycles. The average molecular weight is 141 g/mol. The molecule has 2 aliphatic heterocycles. The van der Waals surface area contributed by atoms with Crippen molar-refractivity contribution in [2.24, 2.45) is 0 Å². The third-order valence-corrected chi connectivity index (χ3v) is 2.53. The van der Waals surface area contributed by atoms with Crippen LogP contribution in [0.25, 0.3) is 0 Å². The van der Waals surface area contributed by atoms with Gasteiger partial charge >= 0.3 is 0 Å². The molecule has 1 atom stereocenters. The molecule has 2 heterocycles. The van der Waals surface area contributed by atoms with E-state index < -0.39 is 0 Å². The van der Waals surface area contributed by atoms with Crippen LogP contribution in [-0.2, 0) is 4.79 Å². The van der Waals surface area contributed by atoms with Gasteiger partial charge in [-0.15, -0.1) is 0 Å². The molecule has 48 valence electrons. The Morgan fingerprint density at radius 2 is 2.67 bits per heavy atom. The van der Waals surface area contributed by atoms with Gasteiger partial charge in [-0.2, -0.15) is 0 Å². The molecule has 0 aromatic heterocycles. The molecule has 1 unspecified atom stereocenters. The summed E-state index contributed by atoms with van der Waals surface area (Å²) in [6.07, 6.45) is 3.05. The van der Waals surface area contributed by atoms with Gasteiger partial charge in [-0.3, -0.25) is 4.79 Å². The van der Waals surface area contributed by atoms with Gasteiger partial charge in [0.25, 0.3) is 0 Å². The number of hydrogen-bond acceptors (Lipinski definition) is 3. The first-order valence-electron chi connectivity index (χ1n) is 3.01. The molecule has 0 aliphatic carbocycles. The minimum Gasteiger partial charge on any atom is -0.366 e. The van der Waals surface area contributed by atoms with Crippen LogP contribution >= 0.6 is 11.8 Å². The van der Waals surface area contributed by atoms with Gasteiger partial charge in [-0.25, -0.2) is 0 Å². The van der Waals surface area contributed by atoms with Gasteiger partial charge in [0.2, 0.25) is 5.12 Å². The van der Waals surface area contributed by atoms with Crippen LogP contribution in [0.1, 0.15) is 6.42 Å². The topological polar surface area (TPSA) is 20.3 Å². The van der Waals surface area contributed by atoms with Gasteiger partial charge in [-0.05, 0) is 11.8 Å². The van der Waals surface area contributed by atoms with Crippen LogP contribution in [0.3, 0.4) is 0 Å². The van der Waals surface area contributed by atoms with E-state index in [4.69, 9.17) is 0 Å². The maximum absolute atomic E-state index is 10.9. The van der Waals surface area contributed by atoms with E-state index in [9.17, 15) is 4.79 Å². The van der Waals surface area contributed by atoms with Crippen LogP contribution in [0, 0.1) is 0 Å². The molecule has 0 radical (unpaired) electrons. The number of fused-ring (bicyclic) bond motifs is 1. The summed E-state index contributed by atoms with van der Waals surface area (Å²) in [7, 11) is 0. The van der Waals surface area contributed by atoms with Crippen molar-refractivity contribution in [2.45, 2.75) is 12.5 Å². The first kappa shape index (κ1) is 5.35. The zero-order valence-electron chi connectivity index (χ0n) is 4.91. The minimum atomic E-state index is 0.222. The molecule has 0 aromatic rings. The molecule has 9 heavy (non-hydrogen) atoms.